The highest BCUT2D eigenvalue weighted by Crippen LogP contribution is 2.20. The molecule has 0 aromatic carbocycles. The van der Waals surface area contributed by atoms with E-state index in [4.69, 9.17) is 5.26 Å². The molecule has 1 fully saturated rings. The second-order valence-electron chi connectivity index (χ2n) is 4.04. The van der Waals surface area contributed by atoms with Gasteiger partial charge >= 0.3 is 0 Å². The van der Waals surface area contributed by atoms with Gasteiger partial charge in [-0.2, -0.15) is 5.26 Å². The predicted molar refractivity (Wildman–Crippen MR) is 66.4 cm³/mol. The Bertz CT molecular complexity index is 380. The molecule has 0 aliphatic carbocycles. The fraction of sp³-hybridized carbons (Fsp3) is 0.583. The summed E-state index contributed by atoms with van der Waals surface area (Å²) < 4.78 is 0. The molecule has 0 saturated carbocycles. The molecule has 1 aromatic heterocycles. The van der Waals surface area contributed by atoms with Crippen molar-refractivity contribution in [2.75, 3.05) is 19.6 Å². The summed E-state index contributed by atoms with van der Waals surface area (Å²) in [5.41, 5.74) is 0. The zero-order chi connectivity index (χ0) is 11.4. The maximum Gasteiger partial charge on any atom is 0.111 e. The van der Waals surface area contributed by atoms with Gasteiger partial charge in [0.2, 0.25) is 0 Å². The third kappa shape index (κ3) is 2.62. The summed E-state index contributed by atoms with van der Waals surface area (Å²) in [6.45, 7) is 5.85. The molecular weight excluding hydrogens is 218 g/mol. The summed E-state index contributed by atoms with van der Waals surface area (Å²) in [6, 6.07) is 6.78. The molecule has 1 aliphatic rings. The molecule has 2 heterocycles. The van der Waals surface area contributed by atoms with Crippen LogP contribution in [0.3, 0.4) is 0 Å². The molecule has 2 rings (SSSR count). The lowest BCUT2D eigenvalue weighted by Gasteiger charge is -2.31. The molecule has 16 heavy (non-hydrogen) atoms. The van der Waals surface area contributed by atoms with Crippen molar-refractivity contribution in [3.63, 3.8) is 0 Å². The number of hydrogen-bond acceptors (Lipinski definition) is 4. The van der Waals surface area contributed by atoms with E-state index < -0.39 is 0 Å². The van der Waals surface area contributed by atoms with Gasteiger partial charge in [-0.15, -0.1) is 11.3 Å². The number of hydrogen-bond donors (Lipinski definition) is 1. The lowest BCUT2D eigenvalue weighted by atomic mass is 10.2. The zero-order valence-electron chi connectivity index (χ0n) is 9.57. The predicted octanol–water partition coefficient (Wildman–Crippen LogP) is 1.61. The van der Waals surface area contributed by atoms with Gasteiger partial charge < -0.3 is 5.32 Å². The Balaban J connectivity index is 1.99. The highest BCUT2D eigenvalue weighted by molar-refractivity contribution is 7.11. The van der Waals surface area contributed by atoms with Gasteiger partial charge in [-0.1, -0.05) is 6.92 Å². The molecule has 1 aliphatic heterocycles. The number of nitriles is 1. The van der Waals surface area contributed by atoms with E-state index in [1.165, 1.54) is 9.75 Å². The first-order valence-electron chi connectivity index (χ1n) is 5.75. The van der Waals surface area contributed by atoms with Crippen LogP contribution in [-0.2, 0) is 13.0 Å². The van der Waals surface area contributed by atoms with Crippen molar-refractivity contribution >= 4 is 11.3 Å². The van der Waals surface area contributed by atoms with Gasteiger partial charge in [-0.25, -0.2) is 0 Å². The van der Waals surface area contributed by atoms with Crippen molar-refractivity contribution in [2.24, 2.45) is 0 Å². The summed E-state index contributed by atoms with van der Waals surface area (Å²) in [7, 11) is 0. The molecule has 0 bridgehead atoms. The summed E-state index contributed by atoms with van der Waals surface area (Å²) in [4.78, 5) is 5.07. The molecular formula is C12H17N3S. The van der Waals surface area contributed by atoms with Gasteiger partial charge in [0.15, 0.2) is 0 Å². The van der Waals surface area contributed by atoms with E-state index in [1.807, 2.05) is 11.3 Å². The molecule has 0 amide bonds. The SMILES string of the molecule is CCc1ccc(CN2CCNCC2C#N)s1. The molecule has 1 saturated heterocycles. The molecule has 1 N–H and O–H groups in total. The average Bonchev–Trinajstić information content (AvgIpc) is 2.77. The largest absolute Gasteiger partial charge is 0.313 e. The smallest absolute Gasteiger partial charge is 0.111 e. The van der Waals surface area contributed by atoms with Gasteiger partial charge in [-0.05, 0) is 18.6 Å². The monoisotopic (exact) mass is 235 g/mol. The molecule has 3 nitrogen and oxygen atoms in total. The van der Waals surface area contributed by atoms with Crippen LogP contribution in [0.1, 0.15) is 16.7 Å². The first-order valence-corrected chi connectivity index (χ1v) is 6.57. The maximum absolute atomic E-state index is 9.06. The fourth-order valence-electron chi connectivity index (χ4n) is 1.96. The third-order valence-corrected chi connectivity index (χ3v) is 4.14. The van der Waals surface area contributed by atoms with Crippen molar-refractivity contribution in [1.82, 2.24) is 10.2 Å². The van der Waals surface area contributed by atoms with Crippen molar-refractivity contribution in [3.8, 4) is 6.07 Å². The lowest BCUT2D eigenvalue weighted by molar-refractivity contribution is 0.191. The Morgan fingerprint density at radius 2 is 2.38 bits per heavy atom. The van der Waals surface area contributed by atoms with Gasteiger partial charge in [0.1, 0.15) is 6.04 Å². The van der Waals surface area contributed by atoms with Crippen LogP contribution in [0.2, 0.25) is 0 Å². The summed E-state index contributed by atoms with van der Waals surface area (Å²) in [5, 5.41) is 12.3. The number of piperazine rings is 1. The van der Waals surface area contributed by atoms with Crippen molar-refractivity contribution in [3.05, 3.63) is 21.9 Å². The van der Waals surface area contributed by atoms with Gasteiger partial charge in [0.25, 0.3) is 0 Å². The van der Waals surface area contributed by atoms with E-state index in [9.17, 15) is 0 Å². The van der Waals surface area contributed by atoms with E-state index in [0.717, 1.165) is 32.6 Å². The standard InChI is InChI=1S/C12H17N3S/c1-2-11-3-4-12(16-11)9-15-6-5-14-8-10(15)7-13/h3-4,10,14H,2,5-6,8-9H2,1H3. The number of nitrogens with zero attached hydrogens (tertiary/aromatic N) is 2. The number of aryl methyl sites for hydroxylation is 1. The molecule has 4 heteroatoms. The number of thiophene rings is 1. The Hall–Kier alpha value is -0.890. The Labute approximate surface area is 101 Å². The lowest BCUT2D eigenvalue weighted by Crippen LogP contribution is -2.49. The van der Waals surface area contributed by atoms with Crippen LogP contribution in [0.4, 0.5) is 0 Å². The average molecular weight is 235 g/mol. The summed E-state index contributed by atoms with van der Waals surface area (Å²) in [6.07, 6.45) is 1.11. The maximum atomic E-state index is 9.06. The topological polar surface area (TPSA) is 39.1 Å². The Morgan fingerprint density at radius 1 is 1.56 bits per heavy atom. The van der Waals surface area contributed by atoms with Crippen molar-refractivity contribution in [2.45, 2.75) is 25.9 Å². The van der Waals surface area contributed by atoms with Crippen LogP contribution in [-0.4, -0.2) is 30.6 Å². The van der Waals surface area contributed by atoms with E-state index in [2.05, 4.69) is 35.3 Å². The van der Waals surface area contributed by atoms with Crippen LogP contribution in [0.25, 0.3) is 0 Å². The quantitative estimate of drug-likeness (QED) is 0.865. The highest BCUT2D eigenvalue weighted by Gasteiger charge is 2.21. The minimum atomic E-state index is 0.0286. The van der Waals surface area contributed by atoms with E-state index in [-0.39, 0.29) is 6.04 Å². The molecule has 1 unspecified atom stereocenters. The Morgan fingerprint density at radius 3 is 3.06 bits per heavy atom. The van der Waals surface area contributed by atoms with Crippen LogP contribution >= 0.6 is 11.3 Å². The minimum Gasteiger partial charge on any atom is -0.313 e. The van der Waals surface area contributed by atoms with E-state index >= 15 is 0 Å². The number of rotatable bonds is 3. The molecule has 86 valence electrons. The molecule has 1 aromatic rings. The highest BCUT2D eigenvalue weighted by atomic mass is 32.1. The van der Waals surface area contributed by atoms with Gasteiger partial charge in [-0.3, -0.25) is 4.90 Å². The van der Waals surface area contributed by atoms with Crippen molar-refractivity contribution < 1.29 is 0 Å². The summed E-state index contributed by atoms with van der Waals surface area (Å²) in [5.74, 6) is 0. The van der Waals surface area contributed by atoms with Crippen LogP contribution in [0.15, 0.2) is 12.1 Å². The first kappa shape index (κ1) is 11.6. The zero-order valence-corrected chi connectivity index (χ0v) is 10.4. The second kappa shape index (κ2) is 5.44. The van der Waals surface area contributed by atoms with Gasteiger partial charge in [0, 0.05) is 35.9 Å². The van der Waals surface area contributed by atoms with E-state index in [0.29, 0.717) is 0 Å². The molecule has 0 radical (unpaired) electrons. The minimum absolute atomic E-state index is 0.0286. The first-order chi connectivity index (χ1) is 7.83. The number of nitrogens with one attached hydrogen (secondary N) is 1. The fourth-order valence-corrected chi connectivity index (χ4v) is 2.94. The van der Waals surface area contributed by atoms with Crippen molar-refractivity contribution in [1.29, 1.82) is 5.26 Å². The molecule has 1 atom stereocenters. The van der Waals surface area contributed by atoms with E-state index in [1.54, 1.807) is 0 Å². The third-order valence-electron chi connectivity index (χ3n) is 2.93. The van der Waals surface area contributed by atoms with Crippen LogP contribution < -0.4 is 5.32 Å². The Kier molecular flexibility index (Phi) is 3.94. The summed E-state index contributed by atoms with van der Waals surface area (Å²) >= 11 is 1.87. The van der Waals surface area contributed by atoms with Crippen LogP contribution in [0, 0.1) is 11.3 Å². The van der Waals surface area contributed by atoms with Gasteiger partial charge in [0.05, 0.1) is 6.07 Å². The second-order valence-corrected chi connectivity index (χ2v) is 5.29. The van der Waals surface area contributed by atoms with Crippen LogP contribution in [0.5, 0.6) is 0 Å². The molecule has 0 spiro atoms. The normalized spacial score (nSPS) is 21.9.